The Kier molecular flexibility index (Phi) is 3.62. The monoisotopic (exact) mass is 310 g/mol. The third kappa shape index (κ3) is 2.58. The van der Waals surface area contributed by atoms with Crippen LogP contribution in [0.1, 0.15) is 23.3 Å². The molecule has 1 fully saturated rings. The Morgan fingerprint density at radius 2 is 2.00 bits per heavy atom. The highest BCUT2D eigenvalue weighted by Crippen LogP contribution is 2.33. The SMILES string of the molecule is Cn1c(C(=O)N2CCC[C@H](C(F)(F)F)C2)cc2ccccc21. The van der Waals surface area contributed by atoms with Crippen molar-refractivity contribution in [3.05, 3.63) is 36.0 Å². The number of benzene rings is 1. The summed E-state index contributed by atoms with van der Waals surface area (Å²) in [6.07, 6.45) is -3.75. The maximum Gasteiger partial charge on any atom is 0.393 e. The molecular formula is C16H17F3N2O. The number of aryl methyl sites for hydroxylation is 1. The highest BCUT2D eigenvalue weighted by molar-refractivity contribution is 5.98. The van der Waals surface area contributed by atoms with Crippen molar-refractivity contribution in [1.82, 2.24) is 9.47 Å². The van der Waals surface area contributed by atoms with E-state index in [9.17, 15) is 18.0 Å². The summed E-state index contributed by atoms with van der Waals surface area (Å²) >= 11 is 0. The van der Waals surface area contributed by atoms with E-state index in [1.54, 1.807) is 17.7 Å². The molecule has 0 N–H and O–H groups in total. The van der Waals surface area contributed by atoms with Crippen LogP contribution in [0.2, 0.25) is 0 Å². The van der Waals surface area contributed by atoms with Gasteiger partial charge in [0.2, 0.25) is 0 Å². The second-order valence-electron chi connectivity index (χ2n) is 5.78. The molecule has 1 saturated heterocycles. The Labute approximate surface area is 126 Å². The number of hydrogen-bond acceptors (Lipinski definition) is 1. The zero-order valence-electron chi connectivity index (χ0n) is 12.2. The van der Waals surface area contributed by atoms with E-state index in [4.69, 9.17) is 0 Å². The number of amides is 1. The van der Waals surface area contributed by atoms with Crippen LogP contribution in [-0.4, -0.2) is 34.6 Å². The van der Waals surface area contributed by atoms with Crippen molar-refractivity contribution in [3.63, 3.8) is 0 Å². The van der Waals surface area contributed by atoms with Gasteiger partial charge >= 0.3 is 6.18 Å². The molecule has 1 aliphatic rings. The maximum absolute atomic E-state index is 12.9. The molecule has 2 heterocycles. The summed E-state index contributed by atoms with van der Waals surface area (Å²) in [4.78, 5) is 13.9. The van der Waals surface area contributed by atoms with Gasteiger partial charge in [-0.25, -0.2) is 0 Å². The van der Waals surface area contributed by atoms with E-state index in [1.807, 2.05) is 24.3 Å². The average Bonchev–Trinajstić information content (AvgIpc) is 2.83. The van der Waals surface area contributed by atoms with Crippen LogP contribution in [0.4, 0.5) is 13.2 Å². The van der Waals surface area contributed by atoms with E-state index in [0.29, 0.717) is 18.7 Å². The van der Waals surface area contributed by atoms with Crippen LogP contribution in [0, 0.1) is 5.92 Å². The zero-order valence-corrected chi connectivity index (χ0v) is 12.2. The van der Waals surface area contributed by atoms with Crippen molar-refractivity contribution < 1.29 is 18.0 Å². The molecule has 0 aliphatic carbocycles. The Balaban J connectivity index is 1.88. The van der Waals surface area contributed by atoms with Crippen LogP contribution in [0.25, 0.3) is 10.9 Å². The molecule has 1 aromatic carbocycles. The Bertz CT molecular complexity index is 705. The summed E-state index contributed by atoms with van der Waals surface area (Å²) in [6.45, 7) is 0.136. The lowest BCUT2D eigenvalue weighted by molar-refractivity contribution is -0.184. The van der Waals surface area contributed by atoms with E-state index < -0.39 is 12.1 Å². The van der Waals surface area contributed by atoms with E-state index in [2.05, 4.69) is 0 Å². The number of halogens is 3. The molecule has 0 saturated carbocycles. The first-order chi connectivity index (χ1) is 10.4. The normalized spacial score (nSPS) is 19.6. The van der Waals surface area contributed by atoms with E-state index in [1.165, 1.54) is 4.90 Å². The molecule has 1 atom stereocenters. The maximum atomic E-state index is 12.9. The van der Waals surface area contributed by atoms with Crippen LogP contribution in [0.3, 0.4) is 0 Å². The minimum absolute atomic E-state index is 0.0996. The number of alkyl halides is 3. The van der Waals surface area contributed by atoms with Crippen molar-refractivity contribution in [2.24, 2.45) is 13.0 Å². The number of aromatic nitrogens is 1. The number of rotatable bonds is 1. The van der Waals surface area contributed by atoms with Gasteiger partial charge in [0.1, 0.15) is 5.69 Å². The largest absolute Gasteiger partial charge is 0.393 e. The van der Waals surface area contributed by atoms with Crippen molar-refractivity contribution in [2.75, 3.05) is 13.1 Å². The first kappa shape index (κ1) is 14.9. The van der Waals surface area contributed by atoms with Gasteiger partial charge in [-0.05, 0) is 25.0 Å². The number of carbonyl (C=O) groups excluding carboxylic acids is 1. The third-order valence-electron chi connectivity index (χ3n) is 4.34. The molecule has 0 unspecified atom stereocenters. The second-order valence-corrected chi connectivity index (χ2v) is 5.78. The van der Waals surface area contributed by atoms with Crippen LogP contribution in [0.15, 0.2) is 30.3 Å². The average molecular weight is 310 g/mol. The van der Waals surface area contributed by atoms with Gasteiger partial charge in [-0.15, -0.1) is 0 Å². The number of piperidine rings is 1. The molecule has 1 aliphatic heterocycles. The number of carbonyl (C=O) groups is 1. The molecule has 1 aromatic heterocycles. The summed E-state index contributed by atoms with van der Waals surface area (Å²) in [5, 5.41) is 0.915. The van der Waals surface area contributed by atoms with Crippen molar-refractivity contribution in [1.29, 1.82) is 0 Å². The molecule has 0 bridgehead atoms. The molecule has 3 rings (SSSR count). The van der Waals surface area contributed by atoms with E-state index in [-0.39, 0.29) is 18.9 Å². The highest BCUT2D eigenvalue weighted by Gasteiger charge is 2.43. The molecule has 1 amide bonds. The lowest BCUT2D eigenvalue weighted by Crippen LogP contribution is -2.45. The summed E-state index contributed by atoms with van der Waals surface area (Å²) in [5.41, 5.74) is 1.33. The molecule has 6 heteroatoms. The number of likely N-dealkylation sites (tertiary alicyclic amines) is 1. The first-order valence-electron chi connectivity index (χ1n) is 7.28. The summed E-state index contributed by atoms with van der Waals surface area (Å²) in [6, 6.07) is 9.27. The lowest BCUT2D eigenvalue weighted by atomic mass is 9.97. The summed E-state index contributed by atoms with van der Waals surface area (Å²) < 4.78 is 40.4. The standard InChI is InChI=1S/C16H17F3N2O/c1-20-13-7-3-2-5-11(13)9-14(20)15(22)21-8-4-6-12(10-21)16(17,18)19/h2-3,5,7,9,12H,4,6,8,10H2,1H3/t12-/m0/s1. The fourth-order valence-electron chi connectivity index (χ4n) is 3.08. The molecule has 118 valence electrons. The molecule has 0 spiro atoms. The van der Waals surface area contributed by atoms with Crippen LogP contribution >= 0.6 is 0 Å². The van der Waals surface area contributed by atoms with E-state index in [0.717, 1.165) is 10.9 Å². The molecule has 22 heavy (non-hydrogen) atoms. The van der Waals surface area contributed by atoms with Crippen molar-refractivity contribution in [3.8, 4) is 0 Å². The quantitative estimate of drug-likeness (QED) is 0.790. The predicted molar refractivity (Wildman–Crippen MR) is 77.6 cm³/mol. The molecular weight excluding hydrogens is 293 g/mol. The summed E-state index contributed by atoms with van der Waals surface area (Å²) in [7, 11) is 1.76. The van der Waals surface area contributed by atoms with Crippen LogP contribution in [0.5, 0.6) is 0 Å². The fourth-order valence-corrected chi connectivity index (χ4v) is 3.08. The van der Waals surface area contributed by atoms with Gasteiger partial charge in [0, 0.05) is 31.0 Å². The van der Waals surface area contributed by atoms with Gasteiger partial charge < -0.3 is 9.47 Å². The van der Waals surface area contributed by atoms with Crippen LogP contribution < -0.4 is 0 Å². The minimum atomic E-state index is -4.24. The van der Waals surface area contributed by atoms with Crippen molar-refractivity contribution >= 4 is 16.8 Å². The zero-order chi connectivity index (χ0) is 15.9. The number of para-hydroxylation sites is 1. The Morgan fingerprint density at radius 3 is 2.68 bits per heavy atom. The molecule has 2 aromatic rings. The number of fused-ring (bicyclic) bond motifs is 1. The Morgan fingerprint density at radius 1 is 1.27 bits per heavy atom. The minimum Gasteiger partial charge on any atom is -0.340 e. The topological polar surface area (TPSA) is 25.2 Å². The van der Waals surface area contributed by atoms with Gasteiger partial charge in [-0.2, -0.15) is 13.2 Å². The number of nitrogens with zero attached hydrogens (tertiary/aromatic N) is 2. The highest BCUT2D eigenvalue weighted by atomic mass is 19.4. The van der Waals surface area contributed by atoms with Gasteiger partial charge in [0.15, 0.2) is 0 Å². The fraction of sp³-hybridized carbons (Fsp3) is 0.438. The third-order valence-corrected chi connectivity index (χ3v) is 4.34. The second kappa shape index (κ2) is 5.34. The van der Waals surface area contributed by atoms with Gasteiger partial charge in [-0.1, -0.05) is 18.2 Å². The lowest BCUT2D eigenvalue weighted by Gasteiger charge is -2.33. The first-order valence-corrected chi connectivity index (χ1v) is 7.28. The van der Waals surface area contributed by atoms with Gasteiger partial charge in [0.25, 0.3) is 5.91 Å². The number of hydrogen-bond donors (Lipinski definition) is 0. The molecule has 0 radical (unpaired) electrons. The summed E-state index contributed by atoms with van der Waals surface area (Å²) in [5.74, 6) is -1.74. The Hall–Kier alpha value is -1.98. The van der Waals surface area contributed by atoms with Crippen LogP contribution in [-0.2, 0) is 7.05 Å². The van der Waals surface area contributed by atoms with Gasteiger partial charge in [0.05, 0.1) is 5.92 Å². The smallest absolute Gasteiger partial charge is 0.340 e. The molecule has 3 nitrogen and oxygen atoms in total. The van der Waals surface area contributed by atoms with Crippen molar-refractivity contribution in [2.45, 2.75) is 19.0 Å². The van der Waals surface area contributed by atoms with E-state index >= 15 is 0 Å². The predicted octanol–water partition coefficient (Wildman–Crippen LogP) is 3.59. The van der Waals surface area contributed by atoms with Gasteiger partial charge in [-0.3, -0.25) is 4.79 Å².